The molecule has 0 saturated heterocycles. The predicted octanol–water partition coefficient (Wildman–Crippen LogP) is 3.55. The molecule has 2 aromatic carbocycles. The maximum absolute atomic E-state index is 11.6. The van der Waals surface area contributed by atoms with Gasteiger partial charge < -0.3 is 29.3 Å². The molecule has 0 heterocycles. The van der Waals surface area contributed by atoms with Crippen molar-refractivity contribution in [2.75, 3.05) is 54.1 Å². The highest BCUT2D eigenvalue weighted by molar-refractivity contribution is 5.73. The fourth-order valence-electron chi connectivity index (χ4n) is 2.96. The zero-order chi connectivity index (χ0) is 22.6. The first-order valence-electron chi connectivity index (χ1n) is 10.6. The Morgan fingerprint density at radius 2 is 1.74 bits per heavy atom. The van der Waals surface area contributed by atoms with Crippen LogP contribution in [-0.2, 0) is 6.54 Å². The maximum atomic E-state index is 11.6. The zero-order valence-corrected chi connectivity index (χ0v) is 19.3. The average molecular weight is 430 g/mol. The van der Waals surface area contributed by atoms with Crippen LogP contribution in [0.25, 0.3) is 0 Å². The van der Waals surface area contributed by atoms with Gasteiger partial charge in [-0.2, -0.15) is 0 Å². The van der Waals surface area contributed by atoms with Crippen molar-refractivity contribution in [1.82, 2.24) is 15.1 Å². The van der Waals surface area contributed by atoms with Crippen molar-refractivity contribution in [1.29, 1.82) is 0 Å². The topological polar surface area (TPSA) is 63.3 Å². The number of rotatable bonds is 12. The Morgan fingerprint density at radius 3 is 2.45 bits per heavy atom. The zero-order valence-electron chi connectivity index (χ0n) is 19.3. The number of ether oxygens (including phenoxy) is 3. The largest absolute Gasteiger partial charge is 0.490 e. The number of aryl methyl sites for hydroxylation is 1. The van der Waals surface area contributed by atoms with Crippen LogP contribution in [0.3, 0.4) is 0 Å². The fraction of sp³-hybridized carbons (Fsp3) is 0.458. The number of urea groups is 1. The van der Waals surface area contributed by atoms with Crippen molar-refractivity contribution in [3.63, 3.8) is 0 Å². The molecule has 2 amide bonds. The van der Waals surface area contributed by atoms with Gasteiger partial charge in [0.05, 0.1) is 6.61 Å². The molecule has 0 fully saturated rings. The minimum atomic E-state index is -0.0834. The van der Waals surface area contributed by atoms with E-state index in [9.17, 15) is 4.79 Å². The van der Waals surface area contributed by atoms with Crippen LogP contribution in [0.4, 0.5) is 4.79 Å². The number of carbonyl (C=O) groups excluding carboxylic acids is 1. The highest BCUT2D eigenvalue weighted by Crippen LogP contribution is 2.29. The van der Waals surface area contributed by atoms with Gasteiger partial charge in [0.1, 0.15) is 19.0 Å². The summed E-state index contributed by atoms with van der Waals surface area (Å²) in [4.78, 5) is 15.3. The molecule has 7 heteroatoms. The average Bonchev–Trinajstić information content (AvgIpc) is 2.72. The van der Waals surface area contributed by atoms with E-state index in [1.54, 1.807) is 14.1 Å². The lowest BCUT2D eigenvalue weighted by Gasteiger charge is -2.19. The van der Waals surface area contributed by atoms with E-state index in [1.807, 2.05) is 63.4 Å². The summed E-state index contributed by atoms with van der Waals surface area (Å²) < 4.78 is 17.4. The van der Waals surface area contributed by atoms with Crippen LogP contribution in [0, 0.1) is 6.92 Å². The lowest BCUT2D eigenvalue weighted by molar-refractivity contribution is 0.208. The number of benzene rings is 2. The fourth-order valence-corrected chi connectivity index (χ4v) is 2.96. The van der Waals surface area contributed by atoms with Gasteiger partial charge in [0, 0.05) is 33.7 Å². The standard InChI is InChI=1S/C24H35N3O4/c1-6-29-23-17-20(18-27(5)13-12-25-24(28)26(3)4)10-11-22(23)31-15-14-30-21-9-7-8-19(2)16-21/h7-11,16-17H,6,12-15,18H2,1-5H3,(H,25,28). The van der Waals surface area contributed by atoms with Gasteiger partial charge in [0.25, 0.3) is 0 Å². The number of nitrogens with zero attached hydrogens (tertiary/aromatic N) is 2. The van der Waals surface area contributed by atoms with E-state index in [1.165, 1.54) is 4.90 Å². The third-order valence-corrected chi connectivity index (χ3v) is 4.54. The molecule has 0 atom stereocenters. The van der Waals surface area contributed by atoms with Gasteiger partial charge in [-0.25, -0.2) is 4.79 Å². The SMILES string of the molecule is CCOc1cc(CN(C)CCNC(=O)N(C)C)ccc1OCCOc1cccc(C)c1. The number of hydrogen-bond donors (Lipinski definition) is 1. The van der Waals surface area contributed by atoms with Crippen molar-refractivity contribution in [3.05, 3.63) is 53.6 Å². The number of carbonyl (C=O) groups is 1. The summed E-state index contributed by atoms with van der Waals surface area (Å²) in [5.74, 6) is 2.28. The molecule has 0 radical (unpaired) electrons. The summed E-state index contributed by atoms with van der Waals surface area (Å²) in [6.45, 7) is 7.52. The van der Waals surface area contributed by atoms with Crippen molar-refractivity contribution in [3.8, 4) is 17.2 Å². The monoisotopic (exact) mass is 429 g/mol. The van der Waals surface area contributed by atoms with Crippen molar-refractivity contribution in [2.24, 2.45) is 0 Å². The van der Waals surface area contributed by atoms with Crippen LogP contribution in [0.2, 0.25) is 0 Å². The van der Waals surface area contributed by atoms with E-state index >= 15 is 0 Å². The smallest absolute Gasteiger partial charge is 0.316 e. The Bertz CT molecular complexity index is 826. The lowest BCUT2D eigenvalue weighted by atomic mass is 10.2. The van der Waals surface area contributed by atoms with E-state index in [0.717, 1.165) is 35.7 Å². The summed E-state index contributed by atoms with van der Waals surface area (Å²) in [5.41, 5.74) is 2.28. The Hall–Kier alpha value is -2.93. The highest BCUT2D eigenvalue weighted by atomic mass is 16.5. The molecular weight excluding hydrogens is 394 g/mol. The van der Waals surface area contributed by atoms with Gasteiger partial charge in [-0.05, 0) is 56.3 Å². The van der Waals surface area contributed by atoms with Gasteiger partial charge in [-0.1, -0.05) is 18.2 Å². The summed E-state index contributed by atoms with van der Waals surface area (Å²) >= 11 is 0. The van der Waals surface area contributed by atoms with Gasteiger partial charge in [-0.3, -0.25) is 0 Å². The molecule has 0 spiro atoms. The molecule has 31 heavy (non-hydrogen) atoms. The molecule has 2 aromatic rings. The van der Waals surface area contributed by atoms with Crippen LogP contribution in [0.15, 0.2) is 42.5 Å². The molecule has 0 saturated carbocycles. The third kappa shape index (κ3) is 8.76. The molecule has 2 rings (SSSR count). The molecule has 170 valence electrons. The summed E-state index contributed by atoms with van der Waals surface area (Å²) in [7, 11) is 5.48. The summed E-state index contributed by atoms with van der Waals surface area (Å²) in [5, 5.41) is 2.87. The predicted molar refractivity (Wildman–Crippen MR) is 123 cm³/mol. The Balaban J connectivity index is 1.84. The maximum Gasteiger partial charge on any atom is 0.316 e. The molecule has 0 unspecified atom stereocenters. The van der Waals surface area contributed by atoms with Crippen LogP contribution in [0.5, 0.6) is 17.2 Å². The first-order valence-corrected chi connectivity index (χ1v) is 10.6. The molecule has 0 aliphatic rings. The van der Waals surface area contributed by atoms with E-state index in [4.69, 9.17) is 14.2 Å². The number of nitrogens with one attached hydrogen (secondary N) is 1. The third-order valence-electron chi connectivity index (χ3n) is 4.54. The summed E-state index contributed by atoms with van der Waals surface area (Å²) in [6, 6.07) is 13.9. The molecule has 7 nitrogen and oxygen atoms in total. The summed E-state index contributed by atoms with van der Waals surface area (Å²) in [6.07, 6.45) is 0. The lowest BCUT2D eigenvalue weighted by Crippen LogP contribution is -2.38. The Kier molecular flexibility index (Phi) is 9.97. The van der Waals surface area contributed by atoms with Crippen LogP contribution in [-0.4, -0.2) is 69.9 Å². The second-order valence-corrected chi connectivity index (χ2v) is 7.59. The van der Waals surface area contributed by atoms with Crippen molar-refractivity contribution < 1.29 is 19.0 Å². The molecule has 1 N–H and O–H groups in total. The van der Waals surface area contributed by atoms with Gasteiger partial charge in [-0.15, -0.1) is 0 Å². The highest BCUT2D eigenvalue weighted by Gasteiger charge is 2.09. The molecular formula is C24H35N3O4. The number of amides is 2. The van der Waals surface area contributed by atoms with E-state index in [2.05, 4.69) is 10.2 Å². The minimum Gasteiger partial charge on any atom is -0.490 e. The number of likely N-dealkylation sites (N-methyl/N-ethyl adjacent to an activating group) is 1. The van der Waals surface area contributed by atoms with Crippen LogP contribution >= 0.6 is 0 Å². The molecule has 0 aliphatic carbocycles. The van der Waals surface area contributed by atoms with E-state index < -0.39 is 0 Å². The molecule has 0 bridgehead atoms. The normalized spacial score (nSPS) is 10.6. The van der Waals surface area contributed by atoms with Crippen LogP contribution in [0.1, 0.15) is 18.1 Å². The van der Waals surface area contributed by atoms with Crippen molar-refractivity contribution in [2.45, 2.75) is 20.4 Å². The minimum absolute atomic E-state index is 0.0834. The van der Waals surface area contributed by atoms with Crippen LogP contribution < -0.4 is 19.5 Å². The van der Waals surface area contributed by atoms with E-state index in [0.29, 0.717) is 32.1 Å². The van der Waals surface area contributed by atoms with Crippen molar-refractivity contribution >= 4 is 6.03 Å². The van der Waals surface area contributed by atoms with E-state index in [-0.39, 0.29) is 6.03 Å². The Labute approximate surface area is 185 Å². The van der Waals surface area contributed by atoms with Gasteiger partial charge in [0.2, 0.25) is 0 Å². The number of hydrogen-bond acceptors (Lipinski definition) is 5. The molecule has 0 aliphatic heterocycles. The second-order valence-electron chi connectivity index (χ2n) is 7.59. The first kappa shape index (κ1) is 24.3. The van der Waals surface area contributed by atoms with Gasteiger partial charge in [0.15, 0.2) is 11.5 Å². The Morgan fingerprint density at radius 1 is 0.968 bits per heavy atom. The second kappa shape index (κ2) is 12.7. The first-order chi connectivity index (χ1) is 14.9. The van der Waals surface area contributed by atoms with Gasteiger partial charge >= 0.3 is 6.03 Å². The molecule has 0 aromatic heterocycles. The quantitative estimate of drug-likeness (QED) is 0.523.